The highest BCUT2D eigenvalue weighted by Gasteiger charge is 2.28. The van der Waals surface area contributed by atoms with Crippen LogP contribution < -0.4 is 9.64 Å². The molecule has 0 bridgehead atoms. The summed E-state index contributed by atoms with van der Waals surface area (Å²) in [6.07, 6.45) is 1.65. The van der Waals surface area contributed by atoms with Crippen LogP contribution in [0.4, 0.5) is 10.1 Å². The normalized spacial score (nSPS) is 17.8. The number of phenolic OH excluding ortho intramolecular Hbond substituents is 1. The lowest BCUT2D eigenvalue weighted by atomic mass is 9.88. The molecule has 6 rings (SSSR count). The first kappa shape index (κ1) is 27.3. The zero-order valence-electron chi connectivity index (χ0n) is 23.5. The number of hydrogen-bond acceptors (Lipinski definition) is 5. The minimum Gasteiger partial charge on any atom is -0.508 e. The number of rotatable bonds is 9. The standard InChI is InChI=1S/C35H38FN3O2/c36-30-8-10-31(11-9-30)39-17-16-29-25-32(40)12-15-34(29)35(39)24-27-6-13-33(14-7-27)41-23-22-37-18-20-38(21-19-37)26-28-4-2-1-3-5-28/h1-15,25,35,40H,16-24,26H2. The summed E-state index contributed by atoms with van der Waals surface area (Å²) in [4.78, 5) is 7.36. The monoisotopic (exact) mass is 551 g/mol. The van der Waals surface area contributed by atoms with E-state index in [1.54, 1.807) is 6.07 Å². The summed E-state index contributed by atoms with van der Waals surface area (Å²) in [5.74, 6) is 0.961. The Balaban J connectivity index is 1.03. The van der Waals surface area contributed by atoms with Crippen LogP contribution in [0, 0.1) is 5.82 Å². The molecule has 41 heavy (non-hydrogen) atoms. The van der Waals surface area contributed by atoms with Gasteiger partial charge in [-0.2, -0.15) is 0 Å². The smallest absolute Gasteiger partial charge is 0.123 e. The molecule has 4 aromatic carbocycles. The van der Waals surface area contributed by atoms with E-state index in [9.17, 15) is 9.50 Å². The summed E-state index contributed by atoms with van der Waals surface area (Å²) in [7, 11) is 0. The number of piperazine rings is 1. The molecule has 0 aromatic heterocycles. The summed E-state index contributed by atoms with van der Waals surface area (Å²) >= 11 is 0. The van der Waals surface area contributed by atoms with E-state index in [1.807, 2.05) is 24.3 Å². The Morgan fingerprint density at radius 1 is 0.756 bits per heavy atom. The van der Waals surface area contributed by atoms with Crippen molar-refractivity contribution in [2.45, 2.75) is 25.4 Å². The van der Waals surface area contributed by atoms with Crippen LogP contribution >= 0.6 is 0 Å². The maximum absolute atomic E-state index is 13.6. The molecule has 1 unspecified atom stereocenters. The Morgan fingerprint density at radius 2 is 1.49 bits per heavy atom. The Bertz CT molecular complexity index is 1400. The highest BCUT2D eigenvalue weighted by atomic mass is 19.1. The molecule has 0 aliphatic carbocycles. The van der Waals surface area contributed by atoms with Gasteiger partial charge in [-0.05, 0) is 83.6 Å². The van der Waals surface area contributed by atoms with E-state index in [1.165, 1.54) is 34.4 Å². The van der Waals surface area contributed by atoms with Gasteiger partial charge in [0.05, 0.1) is 6.04 Å². The molecular formula is C35H38FN3O2. The molecule has 0 amide bonds. The van der Waals surface area contributed by atoms with Crippen molar-refractivity contribution in [3.63, 3.8) is 0 Å². The van der Waals surface area contributed by atoms with Crippen LogP contribution in [0.3, 0.4) is 0 Å². The van der Waals surface area contributed by atoms with E-state index in [0.29, 0.717) is 12.4 Å². The highest BCUT2D eigenvalue weighted by molar-refractivity contribution is 5.53. The average Bonchev–Trinajstić information content (AvgIpc) is 3.00. The van der Waals surface area contributed by atoms with Gasteiger partial charge < -0.3 is 14.7 Å². The van der Waals surface area contributed by atoms with E-state index in [0.717, 1.165) is 70.1 Å². The molecule has 1 N–H and O–H groups in total. The van der Waals surface area contributed by atoms with Gasteiger partial charge in [0.2, 0.25) is 0 Å². The third kappa shape index (κ3) is 6.89. The number of aromatic hydroxyl groups is 1. The Labute approximate surface area is 242 Å². The van der Waals surface area contributed by atoms with Gasteiger partial charge in [0.15, 0.2) is 0 Å². The molecule has 2 aliphatic rings. The van der Waals surface area contributed by atoms with Crippen LogP contribution in [0.1, 0.15) is 28.3 Å². The second-order valence-corrected chi connectivity index (χ2v) is 11.1. The molecule has 0 saturated carbocycles. The minimum absolute atomic E-state index is 0.0946. The van der Waals surface area contributed by atoms with Crippen LogP contribution in [0.25, 0.3) is 0 Å². The first-order valence-corrected chi connectivity index (χ1v) is 14.6. The lowest BCUT2D eigenvalue weighted by Gasteiger charge is -2.39. The van der Waals surface area contributed by atoms with Crippen molar-refractivity contribution in [1.29, 1.82) is 0 Å². The van der Waals surface area contributed by atoms with E-state index in [-0.39, 0.29) is 11.9 Å². The summed E-state index contributed by atoms with van der Waals surface area (Å²) < 4.78 is 19.8. The second-order valence-electron chi connectivity index (χ2n) is 11.1. The van der Waals surface area contributed by atoms with Crippen molar-refractivity contribution in [3.05, 3.63) is 125 Å². The number of hydrogen-bond donors (Lipinski definition) is 1. The van der Waals surface area contributed by atoms with Crippen molar-refractivity contribution < 1.29 is 14.2 Å². The van der Waals surface area contributed by atoms with Crippen LogP contribution in [0.2, 0.25) is 0 Å². The molecule has 4 aromatic rings. The van der Waals surface area contributed by atoms with Gasteiger partial charge in [-0.25, -0.2) is 4.39 Å². The number of halogens is 1. The highest BCUT2D eigenvalue weighted by Crippen LogP contribution is 2.37. The molecule has 212 valence electrons. The zero-order valence-corrected chi connectivity index (χ0v) is 23.5. The topological polar surface area (TPSA) is 39.2 Å². The lowest BCUT2D eigenvalue weighted by Crippen LogP contribution is -2.47. The molecule has 2 heterocycles. The quantitative estimate of drug-likeness (QED) is 0.273. The SMILES string of the molecule is Oc1ccc2c(c1)CCN(c1ccc(F)cc1)C2Cc1ccc(OCCN2CCN(Cc3ccccc3)CC2)cc1. The van der Waals surface area contributed by atoms with E-state index in [2.05, 4.69) is 69.3 Å². The van der Waals surface area contributed by atoms with Crippen LogP contribution in [0.5, 0.6) is 11.5 Å². The van der Waals surface area contributed by atoms with Crippen molar-refractivity contribution >= 4 is 5.69 Å². The molecule has 6 heteroatoms. The second kappa shape index (κ2) is 12.8. The van der Waals surface area contributed by atoms with Crippen molar-refractivity contribution in [2.24, 2.45) is 0 Å². The summed E-state index contributed by atoms with van der Waals surface area (Å²) in [5, 5.41) is 10.1. The molecular weight excluding hydrogens is 513 g/mol. The molecule has 2 aliphatic heterocycles. The molecule has 0 radical (unpaired) electrons. The number of ether oxygens (including phenoxy) is 1. The van der Waals surface area contributed by atoms with E-state index >= 15 is 0 Å². The van der Waals surface area contributed by atoms with Gasteiger partial charge in [0, 0.05) is 51.5 Å². The maximum atomic E-state index is 13.6. The molecule has 1 atom stereocenters. The van der Waals surface area contributed by atoms with Crippen LogP contribution in [0.15, 0.2) is 97.1 Å². The summed E-state index contributed by atoms with van der Waals surface area (Å²) in [6.45, 7) is 7.75. The van der Waals surface area contributed by atoms with Crippen molar-refractivity contribution in [3.8, 4) is 11.5 Å². The molecule has 5 nitrogen and oxygen atoms in total. The average molecular weight is 552 g/mol. The largest absolute Gasteiger partial charge is 0.508 e. The fourth-order valence-electron chi connectivity index (χ4n) is 6.11. The zero-order chi connectivity index (χ0) is 28.0. The van der Waals surface area contributed by atoms with E-state index in [4.69, 9.17) is 4.74 Å². The summed E-state index contributed by atoms with van der Waals surface area (Å²) in [5.41, 5.74) is 5.99. The van der Waals surface area contributed by atoms with Crippen LogP contribution in [-0.4, -0.2) is 60.8 Å². The maximum Gasteiger partial charge on any atom is 0.123 e. The van der Waals surface area contributed by atoms with Gasteiger partial charge in [-0.3, -0.25) is 9.80 Å². The van der Waals surface area contributed by atoms with Crippen molar-refractivity contribution in [1.82, 2.24) is 9.80 Å². The molecule has 1 saturated heterocycles. The van der Waals surface area contributed by atoms with Gasteiger partial charge in [0.1, 0.15) is 23.9 Å². The van der Waals surface area contributed by atoms with Gasteiger partial charge in [-0.1, -0.05) is 48.5 Å². The number of fused-ring (bicyclic) bond motifs is 1. The Kier molecular flexibility index (Phi) is 8.49. The van der Waals surface area contributed by atoms with E-state index < -0.39 is 0 Å². The predicted octanol–water partition coefficient (Wildman–Crippen LogP) is 6.07. The summed E-state index contributed by atoms with van der Waals surface area (Å²) in [6, 6.07) is 31.6. The first-order valence-electron chi connectivity index (χ1n) is 14.6. The number of phenols is 1. The number of benzene rings is 4. The Hall–Kier alpha value is -3.87. The fraction of sp³-hybridized carbons (Fsp3) is 0.314. The van der Waals surface area contributed by atoms with Gasteiger partial charge in [0.25, 0.3) is 0 Å². The van der Waals surface area contributed by atoms with Crippen molar-refractivity contribution in [2.75, 3.05) is 50.8 Å². The first-order chi connectivity index (χ1) is 20.1. The van der Waals surface area contributed by atoms with Gasteiger partial charge in [-0.15, -0.1) is 0 Å². The number of nitrogens with zero attached hydrogens (tertiary/aromatic N) is 3. The Morgan fingerprint density at radius 3 is 2.24 bits per heavy atom. The third-order valence-electron chi connectivity index (χ3n) is 8.38. The molecule has 1 fully saturated rings. The predicted molar refractivity (Wildman–Crippen MR) is 162 cm³/mol. The lowest BCUT2D eigenvalue weighted by molar-refractivity contribution is 0.112. The van der Waals surface area contributed by atoms with Gasteiger partial charge >= 0.3 is 0 Å². The third-order valence-corrected chi connectivity index (χ3v) is 8.38. The number of anilines is 1. The molecule has 0 spiro atoms. The minimum atomic E-state index is -0.228. The van der Waals surface area contributed by atoms with Crippen LogP contribution in [-0.2, 0) is 19.4 Å². The fourth-order valence-corrected chi connectivity index (χ4v) is 6.11.